The molecule has 0 saturated heterocycles. The van der Waals surface area contributed by atoms with Gasteiger partial charge in [0, 0.05) is 18.5 Å². The van der Waals surface area contributed by atoms with Gasteiger partial charge in [0.1, 0.15) is 5.75 Å². The second-order valence-electron chi connectivity index (χ2n) is 13.6. The van der Waals surface area contributed by atoms with Crippen LogP contribution in [-0.2, 0) is 38.3 Å². The molecule has 14 heteroatoms. The molecule has 1 amide bonds. The van der Waals surface area contributed by atoms with Crippen LogP contribution in [0.3, 0.4) is 0 Å². The van der Waals surface area contributed by atoms with Crippen LogP contribution in [0.5, 0.6) is 5.75 Å². The molecule has 2 fully saturated rings. The fourth-order valence-electron chi connectivity index (χ4n) is 7.68. The Balaban J connectivity index is 1.88. The Morgan fingerprint density at radius 3 is 2.18 bits per heavy atom. The largest absolute Gasteiger partial charge is 0.507 e. The van der Waals surface area contributed by atoms with E-state index >= 15 is 0 Å². The first kappa shape index (κ1) is 33.7. The SMILES string of the molecule is CN(C)[C@@H]1C(=O)C(C(N)=O)C(=O)[C@@]2(O)C(=O)C3C(=O)c4c(O)cc(CN(C)[C@H](CO)C(C)(C)C)c(C(F)(F)F)c4C[C@H]3C[C@@H]12. The smallest absolute Gasteiger partial charge is 0.417 e. The minimum Gasteiger partial charge on any atom is -0.507 e. The highest BCUT2D eigenvalue weighted by molar-refractivity contribution is 6.32. The van der Waals surface area contributed by atoms with Gasteiger partial charge in [0.25, 0.3) is 0 Å². The zero-order chi connectivity index (χ0) is 33.4. The molecule has 242 valence electrons. The Hall–Kier alpha value is -3.20. The lowest BCUT2D eigenvalue weighted by atomic mass is 9.52. The number of aliphatic hydroxyl groups excluding tert-OH is 1. The van der Waals surface area contributed by atoms with E-state index < -0.39 is 111 Å². The van der Waals surface area contributed by atoms with E-state index in [4.69, 9.17) is 5.73 Å². The monoisotopic (exact) mass is 625 g/mol. The van der Waals surface area contributed by atoms with Crippen molar-refractivity contribution in [2.24, 2.45) is 34.8 Å². The number of likely N-dealkylation sites (N-methyl/N-ethyl adjacent to an activating group) is 2. The maximum Gasteiger partial charge on any atom is 0.417 e. The van der Waals surface area contributed by atoms with E-state index in [1.54, 1.807) is 0 Å². The molecule has 0 aliphatic heterocycles. The summed E-state index contributed by atoms with van der Waals surface area (Å²) in [5.41, 5.74) is -0.964. The number of carbonyl (C=O) groups is 5. The van der Waals surface area contributed by atoms with E-state index in [0.717, 1.165) is 6.07 Å². The molecule has 11 nitrogen and oxygen atoms in total. The fourth-order valence-corrected chi connectivity index (χ4v) is 7.68. The van der Waals surface area contributed by atoms with Crippen molar-refractivity contribution in [1.82, 2.24) is 9.80 Å². The fraction of sp³-hybridized carbons (Fsp3) is 0.633. The topological polar surface area (TPSA) is 179 Å². The molecule has 3 aliphatic carbocycles. The molecule has 0 radical (unpaired) electrons. The lowest BCUT2D eigenvalue weighted by Gasteiger charge is -2.52. The van der Waals surface area contributed by atoms with Gasteiger partial charge in [-0.2, -0.15) is 13.2 Å². The third-order valence-electron chi connectivity index (χ3n) is 9.55. The molecule has 5 N–H and O–H groups in total. The van der Waals surface area contributed by atoms with Gasteiger partial charge in [-0.05, 0) is 62.5 Å². The van der Waals surface area contributed by atoms with E-state index in [1.807, 2.05) is 20.8 Å². The van der Waals surface area contributed by atoms with Crippen molar-refractivity contribution < 1.29 is 52.5 Å². The summed E-state index contributed by atoms with van der Waals surface area (Å²) in [4.78, 5) is 69.2. The van der Waals surface area contributed by atoms with Gasteiger partial charge in [0.05, 0.1) is 29.7 Å². The first-order valence-electron chi connectivity index (χ1n) is 14.2. The summed E-state index contributed by atoms with van der Waals surface area (Å²) in [6.07, 6.45) is -5.88. The van der Waals surface area contributed by atoms with Crippen molar-refractivity contribution in [2.45, 2.75) is 64.0 Å². The van der Waals surface area contributed by atoms with Crippen molar-refractivity contribution in [3.05, 3.63) is 28.3 Å². The van der Waals surface area contributed by atoms with Crippen LogP contribution in [0.1, 0.15) is 54.2 Å². The quantitative estimate of drug-likeness (QED) is 0.330. The lowest BCUT2D eigenvalue weighted by molar-refractivity contribution is -0.181. The van der Waals surface area contributed by atoms with E-state index in [2.05, 4.69) is 0 Å². The van der Waals surface area contributed by atoms with Crippen LogP contribution >= 0.6 is 0 Å². The molecule has 2 saturated carbocycles. The zero-order valence-corrected chi connectivity index (χ0v) is 25.4. The molecule has 2 unspecified atom stereocenters. The van der Waals surface area contributed by atoms with Gasteiger partial charge in [-0.25, -0.2) is 0 Å². The highest BCUT2D eigenvalue weighted by atomic mass is 19.4. The van der Waals surface area contributed by atoms with E-state index in [-0.39, 0.29) is 25.1 Å². The number of benzene rings is 1. The van der Waals surface area contributed by atoms with Crippen LogP contribution in [0.4, 0.5) is 13.2 Å². The Morgan fingerprint density at radius 1 is 1.11 bits per heavy atom. The number of fused-ring (bicyclic) bond motifs is 3. The molecule has 0 aromatic heterocycles. The van der Waals surface area contributed by atoms with E-state index in [1.165, 1.54) is 30.9 Å². The number of aromatic hydroxyl groups is 1. The number of hydrogen-bond donors (Lipinski definition) is 4. The van der Waals surface area contributed by atoms with E-state index in [0.29, 0.717) is 0 Å². The van der Waals surface area contributed by atoms with Crippen LogP contribution in [0.2, 0.25) is 0 Å². The van der Waals surface area contributed by atoms with Gasteiger partial charge in [0.15, 0.2) is 34.7 Å². The van der Waals surface area contributed by atoms with Gasteiger partial charge in [-0.15, -0.1) is 0 Å². The van der Waals surface area contributed by atoms with Crippen LogP contribution in [0.15, 0.2) is 6.07 Å². The summed E-state index contributed by atoms with van der Waals surface area (Å²) in [5.74, 6) is -13.7. The van der Waals surface area contributed by atoms with Crippen molar-refractivity contribution in [2.75, 3.05) is 27.7 Å². The van der Waals surface area contributed by atoms with E-state index in [9.17, 15) is 52.5 Å². The Kier molecular flexibility index (Phi) is 8.42. The Labute approximate surface area is 252 Å². The second kappa shape index (κ2) is 11.0. The lowest BCUT2D eigenvalue weighted by Crippen LogP contribution is -2.74. The van der Waals surface area contributed by atoms with Crippen molar-refractivity contribution in [1.29, 1.82) is 0 Å². The van der Waals surface area contributed by atoms with Crippen LogP contribution in [0.25, 0.3) is 0 Å². The number of rotatable bonds is 6. The molecule has 0 bridgehead atoms. The number of ketones is 4. The minimum absolute atomic E-state index is 0.345. The number of nitrogens with zero attached hydrogens (tertiary/aromatic N) is 2. The van der Waals surface area contributed by atoms with Crippen molar-refractivity contribution >= 4 is 29.0 Å². The summed E-state index contributed by atoms with van der Waals surface area (Å²) in [6.45, 7) is 4.74. The first-order valence-corrected chi connectivity index (χ1v) is 14.2. The van der Waals surface area contributed by atoms with Gasteiger partial charge in [-0.3, -0.25) is 33.8 Å². The molecule has 1 aromatic carbocycles. The van der Waals surface area contributed by atoms with Crippen LogP contribution in [-0.4, -0.2) is 99.6 Å². The molecule has 0 spiro atoms. The number of phenols is 1. The molecule has 0 heterocycles. The van der Waals surface area contributed by atoms with Crippen LogP contribution < -0.4 is 5.73 Å². The summed E-state index contributed by atoms with van der Waals surface area (Å²) < 4.78 is 44.3. The molecule has 44 heavy (non-hydrogen) atoms. The van der Waals surface area contributed by atoms with Gasteiger partial charge in [-0.1, -0.05) is 20.8 Å². The third-order valence-corrected chi connectivity index (χ3v) is 9.55. The zero-order valence-electron chi connectivity index (χ0n) is 25.4. The van der Waals surface area contributed by atoms with Crippen molar-refractivity contribution in [3.8, 4) is 5.75 Å². The number of alkyl halides is 3. The maximum atomic E-state index is 14.8. The highest BCUT2D eigenvalue weighted by Crippen LogP contribution is 2.53. The molecule has 3 aliphatic rings. The molecule has 7 atom stereocenters. The van der Waals surface area contributed by atoms with Gasteiger partial charge < -0.3 is 21.1 Å². The number of hydrogen-bond acceptors (Lipinski definition) is 10. The summed E-state index contributed by atoms with van der Waals surface area (Å²) in [7, 11) is 4.35. The second-order valence-corrected chi connectivity index (χ2v) is 13.6. The molecule has 4 rings (SSSR count). The number of phenolic OH excluding ortho intramolecular Hbond substituents is 1. The number of primary amides is 1. The third kappa shape index (κ3) is 5.05. The number of aliphatic hydroxyl groups is 2. The average Bonchev–Trinajstić information content (AvgIpc) is 2.84. The molecular formula is C30H38F3N3O8. The average molecular weight is 626 g/mol. The predicted molar refractivity (Wildman–Crippen MR) is 148 cm³/mol. The maximum absolute atomic E-state index is 14.8. The van der Waals surface area contributed by atoms with Gasteiger partial charge >= 0.3 is 6.18 Å². The Bertz CT molecular complexity index is 1440. The molecule has 1 aromatic rings. The number of halogens is 3. The van der Waals surface area contributed by atoms with Crippen molar-refractivity contribution in [3.63, 3.8) is 0 Å². The molecular weight excluding hydrogens is 587 g/mol. The number of nitrogens with two attached hydrogens (primary N) is 1. The normalized spacial score (nSPS) is 29.9. The van der Waals surface area contributed by atoms with Gasteiger partial charge in [0.2, 0.25) is 5.91 Å². The first-order chi connectivity index (χ1) is 20.1. The number of amides is 1. The number of Topliss-reactive ketones (excluding diaryl/α,β-unsaturated/α-hetero) is 4. The Morgan fingerprint density at radius 2 is 1.70 bits per heavy atom. The summed E-state index contributed by atoms with van der Waals surface area (Å²) in [5, 5.41) is 32.5. The highest BCUT2D eigenvalue weighted by Gasteiger charge is 2.69. The predicted octanol–water partition coefficient (Wildman–Crippen LogP) is 0.725. The van der Waals surface area contributed by atoms with Crippen LogP contribution in [0, 0.1) is 29.1 Å². The summed E-state index contributed by atoms with van der Waals surface area (Å²) in [6, 6.07) is -1.12. The minimum atomic E-state index is -4.99. The summed E-state index contributed by atoms with van der Waals surface area (Å²) >= 11 is 0. The number of carbonyl (C=O) groups excluding carboxylic acids is 5. The standard InChI is InChI=1S/C30H38F3N3O8/c1-28(2,3)17(11-37)36(6)10-13-9-16(38)19-14(21(13)30(31,32)33)7-12-8-15-22(35(4)5)24(40)20(27(34)43)26(42)29(15,44)25(41)18(12)23(19)39/h9,12,15,17-18,20,22,37-38,44H,7-8,10-11H2,1-6H3,(H2,34,43)/t12-,15-,17+,18?,20?,22-,29-/m0/s1.